The maximum Gasteiger partial charge on any atom is 0.302 e. The summed E-state index contributed by atoms with van der Waals surface area (Å²) in [5.41, 5.74) is 1.75. The van der Waals surface area contributed by atoms with Gasteiger partial charge in [-0.2, -0.15) is 26.3 Å². The highest BCUT2D eigenvalue weighted by Gasteiger charge is 2.33. The van der Waals surface area contributed by atoms with Crippen molar-refractivity contribution in [3.63, 3.8) is 0 Å². The average molecular weight is 663 g/mol. The topological polar surface area (TPSA) is 194 Å². The predicted octanol–water partition coefficient (Wildman–Crippen LogP) is 4.79. The lowest BCUT2D eigenvalue weighted by Crippen LogP contribution is -2.50. The molecule has 2 aromatic carbocycles. The van der Waals surface area contributed by atoms with E-state index in [0.29, 0.717) is 30.6 Å². The van der Waals surface area contributed by atoms with E-state index in [9.17, 15) is 37.1 Å². The van der Waals surface area contributed by atoms with Gasteiger partial charge in [0.25, 0.3) is 20.6 Å². The number of benzene rings is 2. The summed E-state index contributed by atoms with van der Waals surface area (Å²) in [7, 11) is -2.42. The van der Waals surface area contributed by atoms with Gasteiger partial charge in [0.1, 0.15) is 0 Å². The SMILES string of the molecule is CC(C)(C)NS(=O)(=O)Cl.CC(C)(C)NS(=O)(=O)N1CCCc2c1cccc2[N+](=O)[O-].O=[N+]([O-])c1cccc2c1CCCN2. The van der Waals surface area contributed by atoms with Crippen LogP contribution in [0, 0.1) is 20.2 Å². The minimum absolute atomic E-state index is 0.0249. The highest BCUT2D eigenvalue weighted by molar-refractivity contribution is 8.12. The van der Waals surface area contributed by atoms with Gasteiger partial charge in [-0.15, -0.1) is 0 Å². The van der Waals surface area contributed by atoms with Gasteiger partial charge >= 0.3 is 10.2 Å². The largest absolute Gasteiger partial charge is 0.385 e. The Balaban J connectivity index is 0.000000250. The second-order valence-electron chi connectivity index (χ2n) is 11.9. The maximum atomic E-state index is 12.5. The molecule has 0 aliphatic carbocycles. The van der Waals surface area contributed by atoms with E-state index in [0.717, 1.165) is 30.6 Å². The molecule has 240 valence electrons. The van der Waals surface area contributed by atoms with E-state index in [2.05, 4.69) is 14.8 Å². The summed E-state index contributed by atoms with van der Waals surface area (Å²) in [4.78, 5) is 21.0. The molecule has 0 saturated heterocycles. The minimum atomic E-state index is -3.74. The van der Waals surface area contributed by atoms with Crippen LogP contribution in [0.3, 0.4) is 0 Å². The first-order chi connectivity index (χ1) is 19.6. The second-order valence-corrected chi connectivity index (χ2v) is 15.8. The molecular weight excluding hydrogens is 624 g/mol. The van der Waals surface area contributed by atoms with Gasteiger partial charge in [0.2, 0.25) is 0 Å². The Morgan fingerprint density at radius 1 is 0.814 bits per heavy atom. The summed E-state index contributed by atoms with van der Waals surface area (Å²) < 4.78 is 51.6. The Morgan fingerprint density at radius 2 is 1.33 bits per heavy atom. The highest BCUT2D eigenvalue weighted by Crippen LogP contribution is 2.35. The van der Waals surface area contributed by atoms with Crippen molar-refractivity contribution in [1.29, 1.82) is 0 Å². The van der Waals surface area contributed by atoms with Crippen LogP contribution in [-0.4, -0.2) is 50.8 Å². The lowest BCUT2D eigenvalue weighted by atomic mass is 10.0. The molecule has 0 fully saturated rings. The Morgan fingerprint density at radius 3 is 1.81 bits per heavy atom. The van der Waals surface area contributed by atoms with Crippen molar-refractivity contribution in [3.05, 3.63) is 67.8 Å². The minimum Gasteiger partial charge on any atom is -0.385 e. The van der Waals surface area contributed by atoms with Crippen LogP contribution in [0.15, 0.2) is 36.4 Å². The van der Waals surface area contributed by atoms with E-state index in [4.69, 9.17) is 10.7 Å². The highest BCUT2D eigenvalue weighted by atomic mass is 35.7. The van der Waals surface area contributed by atoms with Crippen molar-refractivity contribution >= 4 is 52.9 Å². The lowest BCUT2D eigenvalue weighted by Gasteiger charge is -2.33. The van der Waals surface area contributed by atoms with Crippen molar-refractivity contribution < 1.29 is 26.7 Å². The fourth-order valence-corrected chi connectivity index (χ4v) is 7.57. The number of halogens is 1. The molecule has 0 saturated carbocycles. The standard InChI is InChI=1S/C13H19N3O4S.C9H10N2O2.C4H10ClNO2S/c1-13(2,3)14-21(19,20)15-9-5-6-10-11(15)7-4-8-12(10)16(17)18;12-11(13)9-5-1-4-8-7(9)3-2-6-10-8;1-4(2,3)6-9(5,7)8/h4,7-8,14H,5-6,9H2,1-3H3;1,4-5,10H,2-3,6H2;6H,1-3H3. The molecule has 0 radical (unpaired) electrons. The van der Waals surface area contributed by atoms with Crippen molar-refractivity contribution in [2.24, 2.45) is 0 Å². The number of rotatable bonds is 5. The van der Waals surface area contributed by atoms with Crippen molar-refractivity contribution in [1.82, 2.24) is 9.44 Å². The quantitative estimate of drug-likeness (QED) is 0.229. The van der Waals surface area contributed by atoms with Gasteiger partial charge in [-0.25, -0.2) is 0 Å². The van der Waals surface area contributed by atoms with Crippen molar-refractivity contribution in [2.45, 2.75) is 78.3 Å². The molecule has 0 amide bonds. The van der Waals surface area contributed by atoms with E-state index in [-0.39, 0.29) is 16.3 Å². The molecule has 14 nitrogen and oxygen atoms in total. The van der Waals surface area contributed by atoms with Gasteiger partial charge in [0.05, 0.1) is 26.7 Å². The first kappa shape index (κ1) is 36.1. The fourth-order valence-electron chi connectivity index (χ4n) is 4.46. The summed E-state index contributed by atoms with van der Waals surface area (Å²) in [5.74, 6) is 0. The number of anilines is 2. The van der Waals surface area contributed by atoms with Gasteiger partial charge in [-0.05, 0) is 79.4 Å². The van der Waals surface area contributed by atoms with Gasteiger partial charge in [-0.3, -0.25) is 24.5 Å². The monoisotopic (exact) mass is 662 g/mol. The van der Waals surface area contributed by atoms with Crippen LogP contribution in [-0.2, 0) is 32.3 Å². The van der Waals surface area contributed by atoms with E-state index in [1.807, 2.05) is 6.07 Å². The van der Waals surface area contributed by atoms with Crippen LogP contribution in [0.1, 0.15) is 65.5 Å². The summed E-state index contributed by atoms with van der Waals surface area (Å²) in [6, 6.07) is 9.71. The van der Waals surface area contributed by atoms with Gasteiger partial charge < -0.3 is 5.32 Å². The smallest absolute Gasteiger partial charge is 0.302 e. The Labute approximate surface area is 257 Å². The molecule has 17 heteroatoms. The van der Waals surface area contributed by atoms with Crippen LogP contribution >= 0.6 is 10.7 Å². The molecule has 43 heavy (non-hydrogen) atoms. The van der Waals surface area contributed by atoms with Crippen LogP contribution in [0.2, 0.25) is 0 Å². The normalized spacial score (nSPS) is 14.9. The number of nitro benzene ring substituents is 2. The summed E-state index contributed by atoms with van der Waals surface area (Å²) >= 11 is 0. The van der Waals surface area contributed by atoms with Crippen molar-refractivity contribution in [2.75, 3.05) is 22.7 Å². The molecule has 0 spiro atoms. The molecule has 3 N–H and O–H groups in total. The number of hydrogen-bond acceptors (Lipinski definition) is 9. The maximum absolute atomic E-state index is 12.5. The van der Waals surface area contributed by atoms with Crippen LogP contribution in [0.25, 0.3) is 0 Å². The van der Waals surface area contributed by atoms with E-state index in [1.165, 1.54) is 16.4 Å². The molecule has 2 aliphatic heterocycles. The Kier molecular flexibility index (Phi) is 11.9. The summed E-state index contributed by atoms with van der Waals surface area (Å²) in [6.07, 6.45) is 2.84. The fraction of sp³-hybridized carbons (Fsp3) is 0.538. The van der Waals surface area contributed by atoms with Crippen LogP contribution in [0.4, 0.5) is 22.7 Å². The molecule has 0 aromatic heterocycles. The van der Waals surface area contributed by atoms with Crippen LogP contribution < -0.4 is 19.1 Å². The van der Waals surface area contributed by atoms with Gasteiger partial charge in [0, 0.05) is 52.7 Å². The van der Waals surface area contributed by atoms with E-state index in [1.54, 1.807) is 59.7 Å². The summed E-state index contributed by atoms with van der Waals surface area (Å²) in [6.45, 7) is 11.6. The zero-order chi connectivity index (χ0) is 32.8. The van der Waals surface area contributed by atoms with Crippen LogP contribution in [0.5, 0.6) is 0 Å². The molecule has 0 atom stereocenters. The van der Waals surface area contributed by atoms with Gasteiger partial charge in [0.15, 0.2) is 0 Å². The zero-order valence-electron chi connectivity index (χ0n) is 25.0. The summed E-state index contributed by atoms with van der Waals surface area (Å²) in [5, 5.41) is 24.9. The average Bonchev–Trinajstić information content (AvgIpc) is 2.84. The molecule has 2 heterocycles. The van der Waals surface area contributed by atoms with E-state index < -0.39 is 35.4 Å². The molecule has 0 bridgehead atoms. The first-order valence-corrected chi connectivity index (χ1v) is 17.2. The number of hydrogen-bond donors (Lipinski definition) is 3. The molecule has 2 aliphatic rings. The Bertz CT molecular complexity index is 1540. The first-order valence-electron chi connectivity index (χ1n) is 13.4. The number of nitrogens with zero attached hydrogens (tertiary/aromatic N) is 3. The molecule has 2 aromatic rings. The third-order valence-electron chi connectivity index (χ3n) is 5.80. The van der Waals surface area contributed by atoms with Crippen molar-refractivity contribution in [3.8, 4) is 0 Å². The number of fused-ring (bicyclic) bond motifs is 2. The lowest BCUT2D eigenvalue weighted by molar-refractivity contribution is -0.385. The molecule has 4 rings (SSSR count). The zero-order valence-corrected chi connectivity index (χ0v) is 27.4. The molecular formula is C26H39ClN6O8S2. The van der Waals surface area contributed by atoms with Gasteiger partial charge in [-0.1, -0.05) is 12.1 Å². The predicted molar refractivity (Wildman–Crippen MR) is 168 cm³/mol. The number of nitro groups is 2. The third-order valence-corrected chi connectivity index (χ3v) is 8.72. The third kappa shape index (κ3) is 11.5. The molecule has 0 unspecified atom stereocenters. The van der Waals surface area contributed by atoms with E-state index >= 15 is 0 Å². The second kappa shape index (κ2) is 14.2. The number of nitrogens with one attached hydrogen (secondary N) is 3. The Hall–Kier alpha value is -3.05.